The molecule has 0 bridgehead atoms. The molecule has 0 unspecified atom stereocenters. The average molecular weight is 242 g/mol. The molecule has 84 valence electrons. The van der Waals surface area contributed by atoms with Gasteiger partial charge in [0.05, 0.1) is 18.1 Å². The number of nitrogens with zero attached hydrogens (tertiary/aromatic N) is 2. The van der Waals surface area contributed by atoms with E-state index in [0.29, 0.717) is 10.7 Å². The second kappa shape index (κ2) is 4.40. The number of rotatable bonds is 3. The largest absolute Gasteiger partial charge is 0.468 e. The van der Waals surface area contributed by atoms with Gasteiger partial charge in [-0.2, -0.15) is 5.10 Å². The van der Waals surface area contributed by atoms with E-state index in [4.69, 9.17) is 22.1 Å². The van der Waals surface area contributed by atoms with Gasteiger partial charge in [0.2, 0.25) is 0 Å². The van der Waals surface area contributed by atoms with Crippen LogP contribution in [0.25, 0.3) is 0 Å². The molecule has 0 saturated carbocycles. The SMILES string of the molecule is Nc1cnn(COc2ccc(Cl)cc2F)c1. The van der Waals surface area contributed by atoms with Gasteiger partial charge >= 0.3 is 0 Å². The lowest BCUT2D eigenvalue weighted by Crippen LogP contribution is -2.06. The van der Waals surface area contributed by atoms with E-state index in [1.54, 1.807) is 12.3 Å². The fourth-order valence-electron chi connectivity index (χ4n) is 1.18. The van der Waals surface area contributed by atoms with E-state index >= 15 is 0 Å². The van der Waals surface area contributed by atoms with Crippen LogP contribution in [0.2, 0.25) is 5.02 Å². The highest BCUT2D eigenvalue weighted by Crippen LogP contribution is 2.21. The minimum atomic E-state index is -0.507. The Morgan fingerprint density at radius 3 is 2.94 bits per heavy atom. The normalized spacial score (nSPS) is 10.4. The number of nitrogens with two attached hydrogens (primary N) is 1. The molecule has 2 rings (SSSR count). The van der Waals surface area contributed by atoms with E-state index in [-0.39, 0.29) is 12.5 Å². The molecule has 6 heteroatoms. The number of nitrogen functional groups attached to an aromatic ring is 1. The summed E-state index contributed by atoms with van der Waals surface area (Å²) in [6.45, 7) is 0.0930. The molecule has 0 aliphatic rings. The number of halogens is 2. The van der Waals surface area contributed by atoms with Gasteiger partial charge in [-0.1, -0.05) is 11.6 Å². The van der Waals surface area contributed by atoms with Crippen molar-refractivity contribution in [1.29, 1.82) is 0 Å². The molecule has 0 aliphatic heterocycles. The van der Waals surface area contributed by atoms with Crippen molar-refractivity contribution in [3.63, 3.8) is 0 Å². The van der Waals surface area contributed by atoms with Crippen molar-refractivity contribution in [1.82, 2.24) is 9.78 Å². The molecule has 0 saturated heterocycles. The number of aromatic nitrogens is 2. The zero-order valence-corrected chi connectivity index (χ0v) is 8.99. The number of hydrogen-bond acceptors (Lipinski definition) is 3. The summed E-state index contributed by atoms with van der Waals surface area (Å²) in [6, 6.07) is 4.20. The molecule has 2 N–H and O–H groups in total. The van der Waals surface area contributed by atoms with Crippen LogP contribution in [0.3, 0.4) is 0 Å². The first-order valence-corrected chi connectivity index (χ1v) is 4.89. The zero-order valence-electron chi connectivity index (χ0n) is 8.23. The quantitative estimate of drug-likeness (QED) is 0.897. The molecule has 1 heterocycles. The number of benzene rings is 1. The molecular formula is C10H9ClFN3O. The number of hydrogen-bond donors (Lipinski definition) is 1. The van der Waals surface area contributed by atoms with Crippen molar-refractivity contribution in [3.8, 4) is 5.75 Å². The van der Waals surface area contributed by atoms with Crippen molar-refractivity contribution in [3.05, 3.63) is 41.4 Å². The zero-order chi connectivity index (χ0) is 11.5. The van der Waals surface area contributed by atoms with E-state index in [1.807, 2.05) is 0 Å². The van der Waals surface area contributed by atoms with Gasteiger partial charge in [0.15, 0.2) is 18.3 Å². The van der Waals surface area contributed by atoms with Gasteiger partial charge in [0.1, 0.15) is 0 Å². The van der Waals surface area contributed by atoms with Crippen LogP contribution < -0.4 is 10.5 Å². The summed E-state index contributed by atoms with van der Waals surface area (Å²) in [4.78, 5) is 0. The summed E-state index contributed by atoms with van der Waals surface area (Å²) in [7, 11) is 0. The standard InChI is InChI=1S/C10H9ClFN3O/c11-7-1-2-10(9(12)3-7)16-6-15-5-8(13)4-14-15/h1-5H,6,13H2. The number of ether oxygens (including phenoxy) is 1. The highest BCUT2D eigenvalue weighted by Gasteiger charge is 2.04. The van der Waals surface area contributed by atoms with E-state index < -0.39 is 5.82 Å². The summed E-state index contributed by atoms with van der Waals surface area (Å²) >= 11 is 5.61. The van der Waals surface area contributed by atoms with Crippen LogP contribution in [-0.4, -0.2) is 9.78 Å². The highest BCUT2D eigenvalue weighted by atomic mass is 35.5. The van der Waals surface area contributed by atoms with Gasteiger partial charge in [-0.3, -0.25) is 0 Å². The van der Waals surface area contributed by atoms with Gasteiger partial charge in [-0.15, -0.1) is 0 Å². The average Bonchev–Trinajstić information content (AvgIpc) is 2.63. The Labute approximate surface area is 96.4 Å². The third-order valence-corrected chi connectivity index (χ3v) is 2.13. The van der Waals surface area contributed by atoms with Crippen LogP contribution in [0, 0.1) is 5.82 Å². The van der Waals surface area contributed by atoms with E-state index in [1.165, 1.54) is 23.0 Å². The lowest BCUT2D eigenvalue weighted by molar-refractivity contribution is 0.211. The molecule has 0 atom stereocenters. The summed E-state index contributed by atoms with van der Waals surface area (Å²) in [5.74, 6) is -0.383. The molecule has 0 amide bonds. The summed E-state index contributed by atoms with van der Waals surface area (Å²) in [5, 5.41) is 4.22. The second-order valence-corrected chi connectivity index (χ2v) is 3.60. The van der Waals surface area contributed by atoms with Gasteiger partial charge in [0, 0.05) is 5.02 Å². The van der Waals surface area contributed by atoms with Crippen molar-refractivity contribution >= 4 is 17.3 Å². The summed E-state index contributed by atoms with van der Waals surface area (Å²) < 4.78 is 20.0. The predicted molar refractivity (Wildman–Crippen MR) is 58.7 cm³/mol. The highest BCUT2D eigenvalue weighted by molar-refractivity contribution is 6.30. The fraction of sp³-hybridized carbons (Fsp3) is 0.100. The van der Waals surface area contributed by atoms with Crippen molar-refractivity contribution < 1.29 is 9.13 Å². The van der Waals surface area contributed by atoms with Crippen molar-refractivity contribution in [2.45, 2.75) is 6.73 Å². The first-order chi connectivity index (χ1) is 7.65. The topological polar surface area (TPSA) is 53.1 Å². The molecular weight excluding hydrogens is 233 g/mol. The third-order valence-electron chi connectivity index (χ3n) is 1.90. The molecule has 0 spiro atoms. The third kappa shape index (κ3) is 2.43. The Morgan fingerprint density at radius 2 is 2.31 bits per heavy atom. The van der Waals surface area contributed by atoms with Crippen LogP contribution in [0.15, 0.2) is 30.6 Å². The summed E-state index contributed by atoms with van der Waals surface area (Å²) in [5.41, 5.74) is 5.99. The Kier molecular flexibility index (Phi) is 2.96. The first-order valence-electron chi connectivity index (χ1n) is 4.51. The van der Waals surface area contributed by atoms with Gasteiger partial charge in [-0.05, 0) is 18.2 Å². The van der Waals surface area contributed by atoms with Crippen LogP contribution >= 0.6 is 11.6 Å². The molecule has 0 aliphatic carbocycles. The van der Waals surface area contributed by atoms with Crippen molar-refractivity contribution in [2.24, 2.45) is 0 Å². The molecule has 0 fully saturated rings. The molecule has 1 aromatic heterocycles. The maximum Gasteiger partial charge on any atom is 0.181 e. The van der Waals surface area contributed by atoms with Crippen LogP contribution in [0.1, 0.15) is 0 Å². The van der Waals surface area contributed by atoms with Gasteiger partial charge < -0.3 is 10.5 Å². The predicted octanol–water partition coefficient (Wildman–Crippen LogP) is 2.29. The maximum absolute atomic E-state index is 13.3. The van der Waals surface area contributed by atoms with Gasteiger partial charge in [-0.25, -0.2) is 9.07 Å². The molecule has 16 heavy (non-hydrogen) atoms. The summed E-state index contributed by atoms with van der Waals surface area (Å²) in [6.07, 6.45) is 3.08. The van der Waals surface area contributed by atoms with Crippen LogP contribution in [-0.2, 0) is 6.73 Å². The fourth-order valence-corrected chi connectivity index (χ4v) is 1.34. The minimum absolute atomic E-state index is 0.0930. The lowest BCUT2D eigenvalue weighted by Gasteiger charge is -2.06. The van der Waals surface area contributed by atoms with Crippen molar-refractivity contribution in [2.75, 3.05) is 5.73 Å². The maximum atomic E-state index is 13.3. The lowest BCUT2D eigenvalue weighted by atomic mass is 10.3. The molecule has 1 aromatic carbocycles. The number of anilines is 1. The molecule has 4 nitrogen and oxygen atoms in total. The minimum Gasteiger partial charge on any atom is -0.468 e. The van der Waals surface area contributed by atoms with E-state index in [0.717, 1.165) is 0 Å². The monoisotopic (exact) mass is 241 g/mol. The Bertz CT molecular complexity index is 501. The van der Waals surface area contributed by atoms with E-state index in [9.17, 15) is 4.39 Å². The Morgan fingerprint density at radius 1 is 1.50 bits per heavy atom. The molecule has 2 aromatic rings. The van der Waals surface area contributed by atoms with Gasteiger partial charge in [0.25, 0.3) is 0 Å². The second-order valence-electron chi connectivity index (χ2n) is 3.16. The smallest absolute Gasteiger partial charge is 0.181 e. The van der Waals surface area contributed by atoms with E-state index in [2.05, 4.69) is 5.10 Å². The Balaban J connectivity index is 2.04. The van der Waals surface area contributed by atoms with Crippen LogP contribution in [0.4, 0.5) is 10.1 Å². The first kappa shape index (κ1) is 10.8. The molecule has 0 radical (unpaired) electrons. The Hall–Kier alpha value is -1.75. The van der Waals surface area contributed by atoms with Crippen LogP contribution in [0.5, 0.6) is 5.75 Å².